The second-order valence-electron chi connectivity index (χ2n) is 8.34. The molecule has 0 bridgehead atoms. The second-order valence-corrected chi connectivity index (χ2v) is 8.34. The first-order chi connectivity index (χ1) is 13.5. The number of hydrogen-bond acceptors (Lipinski definition) is 5. The van der Waals surface area contributed by atoms with E-state index in [1.807, 2.05) is 6.92 Å². The first-order valence-electron chi connectivity index (χ1n) is 9.54. The van der Waals surface area contributed by atoms with Crippen LogP contribution in [0.1, 0.15) is 44.7 Å². The van der Waals surface area contributed by atoms with Crippen LogP contribution in [0.2, 0.25) is 0 Å². The number of carbonyl (C=O) groups is 2. The summed E-state index contributed by atoms with van der Waals surface area (Å²) in [4.78, 5) is 28.8. The predicted octanol–water partition coefficient (Wildman–Crippen LogP) is 3.84. The third kappa shape index (κ3) is 4.93. The van der Waals surface area contributed by atoms with Crippen molar-refractivity contribution < 1.29 is 23.2 Å². The molecule has 2 aromatic rings. The molecule has 29 heavy (non-hydrogen) atoms. The molecule has 0 radical (unpaired) electrons. The van der Waals surface area contributed by atoms with Gasteiger partial charge in [0.15, 0.2) is 0 Å². The van der Waals surface area contributed by atoms with Crippen molar-refractivity contribution in [1.29, 1.82) is 0 Å². The van der Waals surface area contributed by atoms with Crippen molar-refractivity contribution in [2.45, 2.75) is 59.2 Å². The molecule has 0 unspecified atom stereocenters. The molecule has 2 heterocycles. The summed E-state index contributed by atoms with van der Waals surface area (Å²) in [7, 11) is 0. The molecule has 3 rings (SSSR count). The molecule has 2 amide bonds. The fourth-order valence-corrected chi connectivity index (χ4v) is 3.28. The summed E-state index contributed by atoms with van der Waals surface area (Å²) >= 11 is 0. The third-order valence-corrected chi connectivity index (χ3v) is 4.60. The van der Waals surface area contributed by atoms with E-state index in [1.165, 1.54) is 17.0 Å². The van der Waals surface area contributed by atoms with Crippen LogP contribution in [-0.4, -0.2) is 40.2 Å². The van der Waals surface area contributed by atoms with Gasteiger partial charge in [0, 0.05) is 12.6 Å². The first-order valence-corrected chi connectivity index (χ1v) is 9.54. The Morgan fingerprint density at radius 2 is 2.03 bits per heavy atom. The highest BCUT2D eigenvalue weighted by Crippen LogP contribution is 2.30. The minimum atomic E-state index is -0.644. The molecule has 1 aliphatic rings. The number of carbonyl (C=O) groups excluding carboxylic acids is 2. The van der Waals surface area contributed by atoms with Crippen molar-refractivity contribution in [2.24, 2.45) is 0 Å². The Hall–Kier alpha value is -2.90. The fourth-order valence-electron chi connectivity index (χ4n) is 3.28. The van der Waals surface area contributed by atoms with Crippen molar-refractivity contribution in [3.8, 4) is 0 Å². The zero-order valence-corrected chi connectivity index (χ0v) is 17.4. The molecule has 0 aliphatic carbocycles. The minimum absolute atomic E-state index is 0.0203. The van der Waals surface area contributed by atoms with Crippen LogP contribution in [-0.2, 0) is 22.5 Å². The van der Waals surface area contributed by atoms with Crippen LogP contribution in [0.3, 0.4) is 0 Å². The number of aromatic nitrogens is 1. The lowest BCUT2D eigenvalue weighted by molar-refractivity contribution is -0.118. The molecule has 8 heteroatoms. The number of aryl methyl sites for hydroxylation is 1. The topological polar surface area (TPSA) is 75.9 Å². The van der Waals surface area contributed by atoms with Crippen molar-refractivity contribution in [1.82, 2.24) is 10.1 Å². The molecule has 0 saturated heterocycles. The Bertz CT molecular complexity index is 919. The number of halogens is 1. The van der Waals surface area contributed by atoms with Crippen LogP contribution in [0, 0.1) is 12.7 Å². The summed E-state index contributed by atoms with van der Waals surface area (Å²) < 4.78 is 24.6. The van der Waals surface area contributed by atoms with E-state index in [0.717, 1.165) is 0 Å². The van der Waals surface area contributed by atoms with Gasteiger partial charge < -0.3 is 14.2 Å². The zero-order chi connectivity index (χ0) is 21.3. The Morgan fingerprint density at radius 3 is 2.66 bits per heavy atom. The van der Waals surface area contributed by atoms with Gasteiger partial charge in [-0.1, -0.05) is 11.2 Å². The van der Waals surface area contributed by atoms with Gasteiger partial charge in [-0.15, -0.1) is 0 Å². The SMILES string of the molecule is Cc1cc(CC(=O)N2C[C@H](C)N(C(=O)OC(C)(C)C)Cc3ccc(F)cc32)no1. The maximum Gasteiger partial charge on any atom is 0.410 e. The van der Waals surface area contributed by atoms with Crippen molar-refractivity contribution >= 4 is 17.7 Å². The van der Waals surface area contributed by atoms with E-state index in [2.05, 4.69) is 5.16 Å². The van der Waals surface area contributed by atoms with E-state index >= 15 is 0 Å². The summed E-state index contributed by atoms with van der Waals surface area (Å²) in [5.41, 5.74) is 0.987. The largest absolute Gasteiger partial charge is 0.444 e. The van der Waals surface area contributed by atoms with Gasteiger partial charge in [0.1, 0.15) is 17.2 Å². The molecule has 1 aliphatic heterocycles. The molecule has 0 spiro atoms. The summed E-state index contributed by atoms with van der Waals surface area (Å²) in [6.07, 6.45) is -0.450. The molecular weight excluding hydrogens is 377 g/mol. The van der Waals surface area contributed by atoms with Gasteiger partial charge in [0.2, 0.25) is 5.91 Å². The summed E-state index contributed by atoms with van der Waals surface area (Å²) in [5.74, 6) is -0.0835. The van der Waals surface area contributed by atoms with E-state index in [4.69, 9.17) is 9.26 Å². The van der Waals surface area contributed by atoms with Crippen molar-refractivity contribution in [3.05, 3.63) is 47.1 Å². The number of rotatable bonds is 2. The van der Waals surface area contributed by atoms with Gasteiger partial charge in [-0.25, -0.2) is 9.18 Å². The van der Waals surface area contributed by atoms with Crippen LogP contribution in [0.5, 0.6) is 0 Å². The van der Waals surface area contributed by atoms with Crippen LogP contribution < -0.4 is 4.90 Å². The highest BCUT2D eigenvalue weighted by Gasteiger charge is 2.33. The summed E-state index contributed by atoms with van der Waals surface area (Å²) in [5, 5.41) is 3.87. The molecule has 0 fully saturated rings. The number of benzene rings is 1. The number of anilines is 1. The first kappa shape index (κ1) is 20.8. The lowest BCUT2D eigenvalue weighted by Crippen LogP contribution is -2.46. The lowest BCUT2D eigenvalue weighted by atomic mass is 10.1. The van der Waals surface area contributed by atoms with E-state index < -0.39 is 17.5 Å². The predicted molar refractivity (Wildman–Crippen MR) is 105 cm³/mol. The molecule has 1 aromatic carbocycles. The standard InChI is InChI=1S/C21H26FN3O4/c1-13-11-25(19(26)10-17-8-14(2)29-23-17)18-9-16(22)7-6-15(18)12-24(13)20(27)28-21(3,4)5/h6-9,13H,10-12H2,1-5H3/t13-/m0/s1. The second kappa shape index (κ2) is 7.85. The van der Waals surface area contributed by atoms with Crippen LogP contribution >= 0.6 is 0 Å². The molecule has 1 atom stereocenters. The van der Waals surface area contributed by atoms with Crippen LogP contribution in [0.25, 0.3) is 0 Å². The number of nitrogens with zero attached hydrogens (tertiary/aromatic N) is 3. The Balaban J connectivity index is 1.91. The highest BCUT2D eigenvalue weighted by atomic mass is 19.1. The smallest absolute Gasteiger partial charge is 0.410 e. The summed E-state index contributed by atoms with van der Waals surface area (Å²) in [6, 6.07) is 5.61. The Labute approximate surface area is 169 Å². The Morgan fingerprint density at radius 1 is 1.31 bits per heavy atom. The van der Waals surface area contributed by atoms with E-state index in [0.29, 0.717) is 22.7 Å². The average molecular weight is 403 g/mol. The number of hydrogen-bond donors (Lipinski definition) is 0. The average Bonchev–Trinajstić information content (AvgIpc) is 2.94. The zero-order valence-electron chi connectivity index (χ0n) is 17.4. The van der Waals surface area contributed by atoms with Crippen molar-refractivity contribution in [3.63, 3.8) is 0 Å². The number of fused-ring (bicyclic) bond motifs is 1. The lowest BCUT2D eigenvalue weighted by Gasteiger charge is -2.31. The van der Waals surface area contributed by atoms with E-state index in [9.17, 15) is 14.0 Å². The molecule has 156 valence electrons. The van der Waals surface area contributed by atoms with Gasteiger partial charge >= 0.3 is 6.09 Å². The molecule has 0 saturated carbocycles. The molecule has 0 N–H and O–H groups in total. The minimum Gasteiger partial charge on any atom is -0.444 e. The van der Waals surface area contributed by atoms with Crippen molar-refractivity contribution in [2.75, 3.05) is 11.4 Å². The maximum absolute atomic E-state index is 14.0. The highest BCUT2D eigenvalue weighted by molar-refractivity contribution is 5.95. The molecule has 1 aromatic heterocycles. The van der Waals surface area contributed by atoms with E-state index in [1.54, 1.807) is 44.7 Å². The monoisotopic (exact) mass is 403 g/mol. The van der Waals surface area contributed by atoms with E-state index in [-0.39, 0.29) is 31.5 Å². The van der Waals surface area contributed by atoms with Crippen LogP contribution in [0.4, 0.5) is 14.9 Å². The van der Waals surface area contributed by atoms with Gasteiger partial charge in [-0.3, -0.25) is 9.69 Å². The van der Waals surface area contributed by atoms with Gasteiger partial charge in [0.25, 0.3) is 0 Å². The number of ether oxygens (including phenoxy) is 1. The summed E-state index contributed by atoms with van der Waals surface area (Å²) in [6.45, 7) is 9.42. The Kier molecular flexibility index (Phi) is 5.64. The third-order valence-electron chi connectivity index (χ3n) is 4.60. The maximum atomic E-state index is 14.0. The number of amides is 2. The van der Waals surface area contributed by atoms with Crippen LogP contribution in [0.15, 0.2) is 28.8 Å². The molecular formula is C21H26FN3O4. The van der Waals surface area contributed by atoms with Gasteiger partial charge in [-0.05, 0) is 52.3 Å². The quantitative estimate of drug-likeness (QED) is 0.762. The molecule has 7 nitrogen and oxygen atoms in total. The fraction of sp³-hybridized carbons (Fsp3) is 0.476. The van der Waals surface area contributed by atoms with Gasteiger partial charge in [0.05, 0.1) is 30.4 Å². The van der Waals surface area contributed by atoms with Gasteiger partial charge in [-0.2, -0.15) is 0 Å². The normalized spacial score (nSPS) is 17.0.